The summed E-state index contributed by atoms with van der Waals surface area (Å²) in [7, 11) is 0. The zero-order valence-corrected chi connectivity index (χ0v) is 13.5. The predicted octanol–water partition coefficient (Wildman–Crippen LogP) is 4.78. The zero-order valence-electron chi connectivity index (χ0n) is 13.5. The maximum absolute atomic E-state index is 6.15. The fourth-order valence-corrected chi connectivity index (χ4v) is 3.37. The second kappa shape index (κ2) is 5.28. The molecule has 0 spiro atoms. The van der Waals surface area contributed by atoms with Crippen LogP contribution in [0.4, 0.5) is 5.69 Å². The van der Waals surface area contributed by atoms with Crippen LogP contribution in [0.3, 0.4) is 0 Å². The van der Waals surface area contributed by atoms with Crippen molar-refractivity contribution in [1.82, 2.24) is 9.97 Å². The number of hydrogen-bond acceptors (Lipinski definition) is 3. The van der Waals surface area contributed by atoms with Gasteiger partial charge in [-0.25, -0.2) is 9.97 Å². The maximum Gasteiger partial charge on any atom is 0.0979 e. The van der Waals surface area contributed by atoms with Crippen LogP contribution in [0.5, 0.6) is 0 Å². The second-order valence-electron chi connectivity index (χ2n) is 6.14. The number of aromatic nitrogens is 2. The van der Waals surface area contributed by atoms with Gasteiger partial charge in [0.15, 0.2) is 0 Å². The maximum atomic E-state index is 6.15. The molecule has 1 aliphatic carbocycles. The lowest BCUT2D eigenvalue weighted by Gasteiger charge is -2.05. The lowest BCUT2D eigenvalue weighted by Crippen LogP contribution is -1.93. The van der Waals surface area contributed by atoms with Crippen molar-refractivity contribution in [2.24, 2.45) is 0 Å². The second-order valence-corrected chi connectivity index (χ2v) is 6.14. The van der Waals surface area contributed by atoms with E-state index >= 15 is 0 Å². The quantitative estimate of drug-likeness (QED) is 0.452. The van der Waals surface area contributed by atoms with Crippen molar-refractivity contribution in [3.8, 4) is 11.3 Å². The molecule has 5 rings (SSSR count). The average Bonchev–Trinajstić information content (AvgIpc) is 2.95. The third-order valence-electron chi connectivity index (χ3n) is 4.59. The Morgan fingerprint density at radius 3 is 2.00 bits per heavy atom. The average molecular weight is 321 g/mol. The Hall–Kier alpha value is -3.46. The van der Waals surface area contributed by atoms with Crippen LogP contribution in [0.15, 0.2) is 72.8 Å². The fourth-order valence-electron chi connectivity index (χ4n) is 3.37. The lowest BCUT2D eigenvalue weighted by molar-refractivity contribution is 1.28. The van der Waals surface area contributed by atoms with Gasteiger partial charge in [-0.2, -0.15) is 0 Å². The van der Waals surface area contributed by atoms with Crippen LogP contribution in [0, 0.1) is 0 Å². The van der Waals surface area contributed by atoms with Gasteiger partial charge >= 0.3 is 0 Å². The first kappa shape index (κ1) is 13.9. The van der Waals surface area contributed by atoms with Gasteiger partial charge in [-0.3, -0.25) is 0 Å². The number of nitrogens with zero attached hydrogens (tertiary/aromatic N) is 2. The van der Waals surface area contributed by atoms with Crippen LogP contribution < -0.4 is 5.73 Å². The first-order chi connectivity index (χ1) is 12.3. The Kier molecular flexibility index (Phi) is 2.94. The Morgan fingerprint density at radius 1 is 0.640 bits per heavy atom. The monoisotopic (exact) mass is 321 g/mol. The third kappa shape index (κ3) is 2.13. The highest BCUT2D eigenvalue weighted by Crippen LogP contribution is 2.43. The number of anilines is 1. The van der Waals surface area contributed by atoms with E-state index in [0.29, 0.717) is 0 Å². The number of para-hydroxylation sites is 3. The number of fused-ring (bicyclic) bond motifs is 4. The van der Waals surface area contributed by atoms with Gasteiger partial charge in [-0.1, -0.05) is 54.6 Å². The van der Waals surface area contributed by atoms with Crippen molar-refractivity contribution in [2.45, 2.75) is 0 Å². The molecule has 4 aromatic rings. The number of hydrogen-bond donors (Lipinski definition) is 1. The molecule has 3 aromatic carbocycles. The van der Waals surface area contributed by atoms with Gasteiger partial charge in [-0.15, -0.1) is 0 Å². The van der Waals surface area contributed by atoms with E-state index in [9.17, 15) is 0 Å². The lowest BCUT2D eigenvalue weighted by atomic mass is 10.0. The molecule has 1 aromatic heterocycles. The van der Waals surface area contributed by atoms with E-state index in [1.165, 1.54) is 0 Å². The first-order valence-electron chi connectivity index (χ1n) is 8.24. The van der Waals surface area contributed by atoms with Crippen molar-refractivity contribution in [3.63, 3.8) is 0 Å². The summed E-state index contributed by atoms with van der Waals surface area (Å²) in [4.78, 5) is 9.78. The van der Waals surface area contributed by atoms with Gasteiger partial charge < -0.3 is 5.73 Å². The molecule has 0 aliphatic heterocycles. The van der Waals surface area contributed by atoms with E-state index in [4.69, 9.17) is 15.7 Å². The predicted molar refractivity (Wildman–Crippen MR) is 103 cm³/mol. The summed E-state index contributed by atoms with van der Waals surface area (Å²) in [5.41, 5.74) is 14.9. The molecule has 1 heterocycles. The van der Waals surface area contributed by atoms with Gasteiger partial charge in [0.05, 0.1) is 22.4 Å². The van der Waals surface area contributed by atoms with E-state index in [2.05, 4.69) is 18.2 Å². The summed E-state index contributed by atoms with van der Waals surface area (Å²) >= 11 is 0. The van der Waals surface area contributed by atoms with E-state index in [0.717, 1.165) is 50.4 Å². The molecule has 118 valence electrons. The van der Waals surface area contributed by atoms with Gasteiger partial charge in [0, 0.05) is 16.8 Å². The van der Waals surface area contributed by atoms with Crippen molar-refractivity contribution in [1.29, 1.82) is 0 Å². The molecule has 0 fully saturated rings. The van der Waals surface area contributed by atoms with Gasteiger partial charge in [0.2, 0.25) is 0 Å². The molecule has 1 aliphatic rings. The van der Waals surface area contributed by atoms with Crippen molar-refractivity contribution in [2.75, 3.05) is 5.73 Å². The van der Waals surface area contributed by atoms with Crippen LogP contribution in [0.2, 0.25) is 0 Å². The first-order valence-corrected chi connectivity index (χ1v) is 8.24. The number of nitrogens with two attached hydrogens (primary N) is 1. The van der Waals surface area contributed by atoms with Crippen LogP contribution >= 0.6 is 0 Å². The molecule has 0 bridgehead atoms. The molecular weight excluding hydrogens is 306 g/mol. The van der Waals surface area contributed by atoms with Crippen LogP contribution in [-0.4, -0.2) is 9.97 Å². The Labute approximate surface area is 145 Å². The van der Waals surface area contributed by atoms with E-state index in [-0.39, 0.29) is 0 Å². The summed E-state index contributed by atoms with van der Waals surface area (Å²) in [5.74, 6) is 0. The smallest absolute Gasteiger partial charge is 0.0979 e. The highest BCUT2D eigenvalue weighted by molar-refractivity contribution is 6.06. The van der Waals surface area contributed by atoms with E-state index in [1.807, 2.05) is 60.7 Å². The minimum atomic E-state index is 0.759. The molecule has 0 amide bonds. The number of rotatable bonds is 1. The largest absolute Gasteiger partial charge is 0.398 e. The summed E-state index contributed by atoms with van der Waals surface area (Å²) < 4.78 is 0. The fraction of sp³-hybridized carbons (Fsp3) is 0. The molecular formula is C22H15N3. The molecule has 0 saturated carbocycles. The SMILES string of the molecule is Nc1ccccc1/C=C1\c2ccccc2-c2nc3ccccc3nc21. The van der Waals surface area contributed by atoms with Gasteiger partial charge in [0.25, 0.3) is 0 Å². The molecule has 2 N–H and O–H groups in total. The minimum Gasteiger partial charge on any atom is -0.398 e. The van der Waals surface area contributed by atoms with Crippen LogP contribution in [0.1, 0.15) is 16.8 Å². The van der Waals surface area contributed by atoms with Crippen molar-refractivity contribution < 1.29 is 0 Å². The summed E-state index contributed by atoms with van der Waals surface area (Å²) in [6.07, 6.45) is 2.11. The van der Waals surface area contributed by atoms with E-state index < -0.39 is 0 Å². The Bertz CT molecular complexity index is 1160. The molecule has 3 nitrogen and oxygen atoms in total. The third-order valence-corrected chi connectivity index (χ3v) is 4.59. The minimum absolute atomic E-state index is 0.759. The molecule has 3 heteroatoms. The van der Waals surface area contributed by atoms with Crippen LogP contribution in [0.25, 0.3) is 33.9 Å². The van der Waals surface area contributed by atoms with Crippen LogP contribution in [-0.2, 0) is 0 Å². The molecule has 0 atom stereocenters. The highest BCUT2D eigenvalue weighted by atomic mass is 14.8. The Balaban J connectivity index is 1.84. The topological polar surface area (TPSA) is 51.8 Å². The molecule has 0 radical (unpaired) electrons. The summed E-state index contributed by atoms with van der Waals surface area (Å²) in [6, 6.07) is 24.2. The number of nitrogen functional groups attached to an aromatic ring is 1. The molecule has 0 saturated heterocycles. The molecule has 0 unspecified atom stereocenters. The molecule has 25 heavy (non-hydrogen) atoms. The summed E-state index contributed by atoms with van der Waals surface area (Å²) in [5, 5.41) is 0. The standard InChI is InChI=1S/C22H15N3/c23-18-10-4-1-7-14(18)13-17-15-8-2-3-9-16(15)21-22(17)25-20-12-6-5-11-19(20)24-21/h1-13H,23H2/b17-13+. The van der Waals surface area contributed by atoms with Gasteiger partial charge in [-0.05, 0) is 35.4 Å². The van der Waals surface area contributed by atoms with E-state index in [1.54, 1.807) is 0 Å². The highest BCUT2D eigenvalue weighted by Gasteiger charge is 2.26. The van der Waals surface area contributed by atoms with Crippen molar-refractivity contribution >= 4 is 28.4 Å². The normalized spacial score (nSPS) is 13.8. The zero-order chi connectivity index (χ0) is 16.8. The number of benzene rings is 3. The Morgan fingerprint density at radius 2 is 1.24 bits per heavy atom. The van der Waals surface area contributed by atoms with Gasteiger partial charge in [0.1, 0.15) is 0 Å². The van der Waals surface area contributed by atoms with Crippen molar-refractivity contribution in [3.05, 3.63) is 89.6 Å². The summed E-state index contributed by atoms with van der Waals surface area (Å²) in [6.45, 7) is 0.